The van der Waals surface area contributed by atoms with Crippen LogP contribution in [0.2, 0.25) is 0 Å². The summed E-state index contributed by atoms with van der Waals surface area (Å²) in [6.45, 7) is 0.906. The molecule has 2 N–H and O–H groups in total. The number of rotatable bonds is 6. The van der Waals surface area contributed by atoms with Crippen molar-refractivity contribution in [1.29, 1.82) is 0 Å². The number of carboxylic acid groups (broad SMARTS) is 1. The summed E-state index contributed by atoms with van der Waals surface area (Å²) in [5, 5.41) is 12.1. The van der Waals surface area contributed by atoms with Crippen LogP contribution in [0.5, 0.6) is 11.5 Å². The molecule has 0 aromatic heterocycles. The lowest BCUT2D eigenvalue weighted by Gasteiger charge is -2.44. The highest BCUT2D eigenvalue weighted by Gasteiger charge is 2.47. The van der Waals surface area contributed by atoms with Crippen molar-refractivity contribution in [3.63, 3.8) is 0 Å². The van der Waals surface area contributed by atoms with Gasteiger partial charge in [-0.3, -0.25) is 4.79 Å². The van der Waals surface area contributed by atoms with E-state index in [1.54, 1.807) is 13.2 Å². The summed E-state index contributed by atoms with van der Waals surface area (Å²) in [6.07, 6.45) is -2.70. The predicted molar refractivity (Wildman–Crippen MR) is 74.5 cm³/mol. The maximum atomic E-state index is 13.0. The van der Waals surface area contributed by atoms with Crippen molar-refractivity contribution in [1.82, 2.24) is 5.32 Å². The van der Waals surface area contributed by atoms with Gasteiger partial charge in [0.25, 0.3) is 0 Å². The zero-order valence-electron chi connectivity index (χ0n) is 12.5. The van der Waals surface area contributed by atoms with Gasteiger partial charge in [0.2, 0.25) is 0 Å². The minimum Gasteiger partial charge on any atom is -0.481 e. The molecule has 23 heavy (non-hydrogen) atoms. The number of fused-ring (bicyclic) bond motifs is 1. The molecular weight excluding hydrogens is 312 g/mol. The van der Waals surface area contributed by atoms with E-state index < -0.39 is 17.9 Å². The number of alkyl halides is 2. The molecule has 0 amide bonds. The Labute approximate surface area is 131 Å². The van der Waals surface area contributed by atoms with Crippen LogP contribution >= 0.6 is 0 Å². The van der Waals surface area contributed by atoms with Crippen molar-refractivity contribution in [2.75, 3.05) is 13.7 Å². The molecule has 3 rings (SSSR count). The van der Waals surface area contributed by atoms with Gasteiger partial charge in [0.1, 0.15) is 0 Å². The van der Waals surface area contributed by atoms with Gasteiger partial charge in [0.15, 0.2) is 11.5 Å². The van der Waals surface area contributed by atoms with Crippen LogP contribution in [0.15, 0.2) is 18.2 Å². The maximum Gasteiger partial charge on any atom is 0.586 e. The number of hydrogen-bond donors (Lipinski definition) is 2. The number of aliphatic carboxylic acids is 1. The lowest BCUT2D eigenvalue weighted by Crippen LogP contribution is -2.54. The van der Waals surface area contributed by atoms with Crippen LogP contribution in [0.25, 0.3) is 0 Å². The highest BCUT2D eigenvalue weighted by molar-refractivity contribution is 5.71. The van der Waals surface area contributed by atoms with Gasteiger partial charge in [0.05, 0.1) is 11.5 Å². The Balaban J connectivity index is 1.53. The summed E-state index contributed by atoms with van der Waals surface area (Å²) in [6, 6.07) is 4.59. The quantitative estimate of drug-likeness (QED) is 0.831. The number of halogens is 2. The molecule has 126 valence electrons. The highest BCUT2D eigenvalue weighted by atomic mass is 19.3. The second-order valence-electron chi connectivity index (χ2n) is 5.88. The first kappa shape index (κ1) is 15.9. The van der Waals surface area contributed by atoms with E-state index in [0.29, 0.717) is 25.9 Å². The molecule has 1 aliphatic heterocycles. The molecule has 0 radical (unpaired) electrons. The molecule has 0 unspecified atom stereocenters. The summed E-state index contributed by atoms with van der Waals surface area (Å²) < 4.78 is 40.1. The Morgan fingerprint density at radius 2 is 2.09 bits per heavy atom. The zero-order chi connectivity index (χ0) is 16.7. The smallest absolute Gasteiger partial charge is 0.481 e. The fourth-order valence-corrected chi connectivity index (χ4v) is 2.93. The second-order valence-corrected chi connectivity index (χ2v) is 5.88. The van der Waals surface area contributed by atoms with Crippen LogP contribution in [-0.2, 0) is 16.1 Å². The Morgan fingerprint density at radius 3 is 2.74 bits per heavy atom. The normalized spacial score (nSPS) is 27.5. The van der Waals surface area contributed by atoms with E-state index in [0.717, 1.165) is 5.56 Å². The van der Waals surface area contributed by atoms with E-state index in [9.17, 15) is 13.6 Å². The van der Waals surface area contributed by atoms with Crippen molar-refractivity contribution in [3.8, 4) is 11.5 Å². The second kappa shape index (κ2) is 5.61. The van der Waals surface area contributed by atoms with Crippen molar-refractivity contribution >= 4 is 5.97 Å². The predicted octanol–water partition coefficient (Wildman–Crippen LogP) is 1.98. The molecule has 8 heteroatoms. The third-order valence-electron chi connectivity index (χ3n) is 4.26. The van der Waals surface area contributed by atoms with E-state index in [2.05, 4.69) is 14.8 Å². The van der Waals surface area contributed by atoms with Crippen LogP contribution in [0.3, 0.4) is 0 Å². The third-order valence-corrected chi connectivity index (χ3v) is 4.26. The van der Waals surface area contributed by atoms with Crippen molar-refractivity contribution in [2.24, 2.45) is 5.92 Å². The van der Waals surface area contributed by atoms with Crippen LogP contribution in [0, 0.1) is 5.92 Å². The molecule has 0 bridgehead atoms. The van der Waals surface area contributed by atoms with Crippen LogP contribution in [0.4, 0.5) is 8.78 Å². The van der Waals surface area contributed by atoms with Crippen LogP contribution in [0.1, 0.15) is 18.4 Å². The molecule has 1 aliphatic carbocycles. The van der Waals surface area contributed by atoms with E-state index in [-0.39, 0.29) is 17.4 Å². The summed E-state index contributed by atoms with van der Waals surface area (Å²) in [5.74, 6) is -1.17. The molecule has 1 fully saturated rings. The first-order valence-corrected chi connectivity index (χ1v) is 7.20. The average molecular weight is 329 g/mol. The topological polar surface area (TPSA) is 77.0 Å². The van der Waals surface area contributed by atoms with Gasteiger partial charge >= 0.3 is 12.3 Å². The van der Waals surface area contributed by atoms with Crippen LogP contribution in [-0.4, -0.2) is 36.6 Å². The summed E-state index contributed by atoms with van der Waals surface area (Å²) in [5.41, 5.74) is 0.275. The molecule has 0 saturated heterocycles. The number of carboxylic acids is 1. The maximum absolute atomic E-state index is 13.0. The molecule has 1 aromatic rings. The molecule has 1 heterocycles. The fraction of sp³-hybridized carbons (Fsp3) is 0.533. The van der Waals surface area contributed by atoms with Gasteiger partial charge in [0, 0.05) is 20.2 Å². The Morgan fingerprint density at radius 1 is 1.39 bits per heavy atom. The molecule has 2 aliphatic rings. The highest BCUT2D eigenvalue weighted by Crippen LogP contribution is 2.42. The summed E-state index contributed by atoms with van der Waals surface area (Å²) in [4.78, 5) is 10.9. The number of hydrogen-bond acceptors (Lipinski definition) is 5. The lowest BCUT2D eigenvalue weighted by atomic mass is 9.70. The number of carbonyl (C=O) groups is 1. The third kappa shape index (κ3) is 3.23. The summed E-state index contributed by atoms with van der Waals surface area (Å²) in [7, 11) is 1.56. The average Bonchev–Trinajstić information content (AvgIpc) is 2.74. The largest absolute Gasteiger partial charge is 0.586 e. The molecule has 0 spiro atoms. The minimum atomic E-state index is -3.62. The van der Waals surface area contributed by atoms with Gasteiger partial charge in [-0.1, -0.05) is 6.07 Å². The van der Waals surface area contributed by atoms with Crippen molar-refractivity contribution < 1.29 is 32.9 Å². The van der Waals surface area contributed by atoms with Gasteiger partial charge < -0.3 is 24.6 Å². The Bertz CT molecular complexity index is 616. The number of benzene rings is 1. The van der Waals surface area contributed by atoms with Gasteiger partial charge in [-0.2, -0.15) is 0 Å². The Kier molecular flexibility index (Phi) is 3.89. The zero-order valence-corrected chi connectivity index (χ0v) is 12.5. The SMILES string of the molecule is COC1(CNCc2ccc3c(c2)OC(F)(F)O3)CC(C(=O)O)C1. The Hall–Kier alpha value is -1.93. The molecule has 0 atom stereocenters. The summed E-state index contributed by atoms with van der Waals surface area (Å²) >= 11 is 0. The minimum absolute atomic E-state index is 0.00494. The van der Waals surface area contributed by atoms with Gasteiger partial charge in [-0.25, -0.2) is 0 Å². The molecule has 1 aromatic carbocycles. The van der Waals surface area contributed by atoms with E-state index in [4.69, 9.17) is 9.84 Å². The van der Waals surface area contributed by atoms with Crippen molar-refractivity contribution in [2.45, 2.75) is 31.3 Å². The first-order chi connectivity index (χ1) is 10.8. The number of nitrogens with one attached hydrogen (secondary N) is 1. The first-order valence-electron chi connectivity index (χ1n) is 7.20. The number of ether oxygens (including phenoxy) is 3. The molecular formula is C15H17F2NO5. The fourth-order valence-electron chi connectivity index (χ4n) is 2.93. The molecule has 6 nitrogen and oxygen atoms in total. The lowest BCUT2D eigenvalue weighted by molar-refractivity contribution is -0.286. The monoisotopic (exact) mass is 329 g/mol. The van der Waals surface area contributed by atoms with Crippen molar-refractivity contribution in [3.05, 3.63) is 23.8 Å². The van der Waals surface area contributed by atoms with E-state index >= 15 is 0 Å². The van der Waals surface area contributed by atoms with Crippen LogP contribution < -0.4 is 14.8 Å². The number of methoxy groups -OCH3 is 1. The van der Waals surface area contributed by atoms with Gasteiger partial charge in [-0.05, 0) is 30.5 Å². The standard InChI is InChI=1S/C15H17F2NO5/c1-21-14(5-10(6-14)13(19)20)8-18-7-9-2-3-11-12(4-9)23-15(16,17)22-11/h2-4,10,18H,5-8H2,1H3,(H,19,20). The molecule has 1 saturated carbocycles. The van der Waals surface area contributed by atoms with Gasteiger partial charge in [-0.15, -0.1) is 8.78 Å². The van der Waals surface area contributed by atoms with E-state index in [1.165, 1.54) is 12.1 Å². The van der Waals surface area contributed by atoms with E-state index in [1.807, 2.05) is 0 Å².